The van der Waals surface area contributed by atoms with Crippen LogP contribution in [0.5, 0.6) is 0 Å². The number of aromatic nitrogens is 3. The van der Waals surface area contributed by atoms with Gasteiger partial charge in [-0.05, 0) is 29.8 Å². The van der Waals surface area contributed by atoms with Gasteiger partial charge in [0, 0.05) is 12.6 Å². The van der Waals surface area contributed by atoms with E-state index in [0.29, 0.717) is 12.2 Å². The van der Waals surface area contributed by atoms with E-state index in [4.69, 9.17) is 5.11 Å². The lowest BCUT2D eigenvalue weighted by atomic mass is 10.1. The zero-order valence-electron chi connectivity index (χ0n) is 10.3. The molecule has 1 N–H and O–H groups in total. The number of hydrogen-bond acceptors (Lipinski definition) is 3. The maximum Gasteiger partial charge on any atom is 0.339 e. The van der Waals surface area contributed by atoms with Crippen molar-refractivity contribution in [3.8, 4) is 0 Å². The molecule has 0 amide bonds. The summed E-state index contributed by atoms with van der Waals surface area (Å²) in [6, 6.07) is 9.28. The van der Waals surface area contributed by atoms with Gasteiger partial charge in [-0.1, -0.05) is 12.1 Å². The topological polar surface area (TPSA) is 67.5 Å². The van der Waals surface area contributed by atoms with Crippen molar-refractivity contribution in [2.75, 3.05) is 0 Å². The summed E-state index contributed by atoms with van der Waals surface area (Å²) in [7, 11) is 0. The lowest BCUT2D eigenvalue weighted by Crippen LogP contribution is -2.02. The molecule has 0 fully saturated rings. The molecule has 1 aromatic carbocycles. The number of rotatable bonds is 3. The highest BCUT2D eigenvalue weighted by Gasteiger charge is 2.14. The molecule has 0 bridgehead atoms. The largest absolute Gasteiger partial charge is 0.478 e. The van der Waals surface area contributed by atoms with Crippen LogP contribution in [0.4, 0.5) is 4.39 Å². The Bertz CT molecular complexity index is 798. The first-order chi connectivity index (χ1) is 9.65. The predicted octanol–water partition coefficient (Wildman–Crippen LogP) is 2.16. The number of aromatic carboxylic acids is 1. The van der Waals surface area contributed by atoms with Gasteiger partial charge < -0.3 is 5.11 Å². The average molecular weight is 271 g/mol. The zero-order valence-corrected chi connectivity index (χ0v) is 10.3. The molecule has 0 aliphatic heterocycles. The molecule has 5 nitrogen and oxygen atoms in total. The molecule has 0 saturated heterocycles. The molecule has 0 aliphatic carbocycles. The van der Waals surface area contributed by atoms with Crippen molar-refractivity contribution in [1.82, 2.24) is 14.6 Å². The van der Waals surface area contributed by atoms with E-state index in [1.165, 1.54) is 18.2 Å². The summed E-state index contributed by atoms with van der Waals surface area (Å²) in [4.78, 5) is 11.1. The van der Waals surface area contributed by atoms with Crippen molar-refractivity contribution < 1.29 is 14.3 Å². The molecular formula is C14H10FN3O2. The van der Waals surface area contributed by atoms with E-state index in [2.05, 4.69) is 10.2 Å². The maximum absolute atomic E-state index is 13.2. The first-order valence-electron chi connectivity index (χ1n) is 5.95. The van der Waals surface area contributed by atoms with E-state index >= 15 is 0 Å². The Hall–Kier alpha value is -2.76. The van der Waals surface area contributed by atoms with Crippen molar-refractivity contribution in [3.05, 3.63) is 65.4 Å². The van der Waals surface area contributed by atoms with Gasteiger partial charge in [0.25, 0.3) is 0 Å². The van der Waals surface area contributed by atoms with Crippen molar-refractivity contribution in [2.24, 2.45) is 0 Å². The first kappa shape index (κ1) is 12.3. The van der Waals surface area contributed by atoms with Crippen molar-refractivity contribution >= 4 is 11.6 Å². The summed E-state index contributed by atoms with van der Waals surface area (Å²) in [6.45, 7) is 0. The predicted molar refractivity (Wildman–Crippen MR) is 69.2 cm³/mol. The van der Waals surface area contributed by atoms with E-state index in [-0.39, 0.29) is 17.0 Å². The number of fused-ring (bicyclic) bond motifs is 1. The van der Waals surface area contributed by atoms with Crippen LogP contribution in [0.2, 0.25) is 0 Å². The minimum absolute atomic E-state index is 0.0884. The Morgan fingerprint density at radius 3 is 2.85 bits per heavy atom. The van der Waals surface area contributed by atoms with Gasteiger partial charge in [-0.3, -0.25) is 4.40 Å². The molecule has 20 heavy (non-hydrogen) atoms. The number of pyridine rings is 1. The number of carbonyl (C=O) groups is 1. The quantitative estimate of drug-likeness (QED) is 0.792. The molecule has 0 unspecified atom stereocenters. The molecule has 0 saturated carbocycles. The van der Waals surface area contributed by atoms with Crippen LogP contribution in [0.1, 0.15) is 21.7 Å². The van der Waals surface area contributed by atoms with Gasteiger partial charge in [-0.2, -0.15) is 0 Å². The van der Waals surface area contributed by atoms with Crippen LogP contribution in [0.15, 0.2) is 42.6 Å². The van der Waals surface area contributed by atoms with E-state index in [1.54, 1.807) is 28.8 Å². The Labute approximate surface area is 113 Å². The minimum atomic E-state index is -1.06. The van der Waals surface area contributed by atoms with Crippen molar-refractivity contribution in [3.63, 3.8) is 0 Å². The van der Waals surface area contributed by atoms with Gasteiger partial charge in [0.2, 0.25) is 0 Å². The fourth-order valence-electron chi connectivity index (χ4n) is 2.08. The van der Waals surface area contributed by atoms with Crippen molar-refractivity contribution in [1.29, 1.82) is 0 Å². The van der Waals surface area contributed by atoms with Crippen LogP contribution in [0, 0.1) is 5.82 Å². The fourth-order valence-corrected chi connectivity index (χ4v) is 2.08. The van der Waals surface area contributed by atoms with Crippen LogP contribution < -0.4 is 0 Å². The monoisotopic (exact) mass is 271 g/mol. The van der Waals surface area contributed by atoms with E-state index in [0.717, 1.165) is 5.56 Å². The summed E-state index contributed by atoms with van der Waals surface area (Å²) in [5.74, 6) is -0.809. The molecular weight excluding hydrogens is 261 g/mol. The lowest BCUT2D eigenvalue weighted by molar-refractivity contribution is 0.0698. The van der Waals surface area contributed by atoms with Crippen LogP contribution in [0.3, 0.4) is 0 Å². The van der Waals surface area contributed by atoms with Gasteiger partial charge in [0.1, 0.15) is 17.2 Å². The molecule has 6 heteroatoms. The lowest BCUT2D eigenvalue weighted by Gasteiger charge is -2.02. The molecule has 0 atom stereocenters. The summed E-state index contributed by atoms with van der Waals surface area (Å²) >= 11 is 0. The highest BCUT2D eigenvalue weighted by atomic mass is 19.1. The number of halogens is 1. The Kier molecular flexibility index (Phi) is 2.90. The molecule has 2 heterocycles. The van der Waals surface area contributed by atoms with Gasteiger partial charge in [-0.15, -0.1) is 10.2 Å². The van der Waals surface area contributed by atoms with Crippen LogP contribution >= 0.6 is 0 Å². The standard InChI is InChI=1S/C14H10FN3O2/c15-10-4-1-3-9(7-10)8-12-16-17-13-11(14(19)20)5-2-6-18(12)13/h1-7H,8H2,(H,19,20). The molecule has 0 spiro atoms. The summed E-state index contributed by atoms with van der Waals surface area (Å²) in [6.07, 6.45) is 2.07. The van der Waals surface area contributed by atoms with Crippen LogP contribution in [-0.2, 0) is 6.42 Å². The molecule has 3 aromatic rings. The van der Waals surface area contributed by atoms with Crippen molar-refractivity contribution in [2.45, 2.75) is 6.42 Å². The number of benzene rings is 1. The molecule has 0 aliphatic rings. The summed E-state index contributed by atoms with van der Waals surface area (Å²) in [5.41, 5.74) is 1.12. The third-order valence-electron chi connectivity index (χ3n) is 2.99. The Morgan fingerprint density at radius 1 is 1.25 bits per heavy atom. The van der Waals surface area contributed by atoms with E-state index in [9.17, 15) is 9.18 Å². The Balaban J connectivity index is 2.05. The number of carboxylic acid groups (broad SMARTS) is 1. The summed E-state index contributed by atoms with van der Waals surface area (Å²) < 4.78 is 14.8. The maximum atomic E-state index is 13.2. The highest BCUT2D eigenvalue weighted by Crippen LogP contribution is 2.14. The third-order valence-corrected chi connectivity index (χ3v) is 2.99. The SMILES string of the molecule is O=C(O)c1cccn2c(Cc3cccc(F)c3)nnc12. The van der Waals surface area contributed by atoms with Crippen LogP contribution in [-0.4, -0.2) is 25.7 Å². The van der Waals surface area contributed by atoms with E-state index < -0.39 is 5.97 Å². The molecule has 2 aromatic heterocycles. The van der Waals surface area contributed by atoms with Gasteiger partial charge >= 0.3 is 5.97 Å². The third kappa shape index (κ3) is 2.11. The smallest absolute Gasteiger partial charge is 0.339 e. The molecule has 0 radical (unpaired) electrons. The normalized spacial score (nSPS) is 10.8. The second kappa shape index (κ2) is 4.73. The molecule has 100 valence electrons. The second-order valence-electron chi connectivity index (χ2n) is 4.34. The van der Waals surface area contributed by atoms with Gasteiger partial charge in [0.15, 0.2) is 5.65 Å². The highest BCUT2D eigenvalue weighted by molar-refractivity contribution is 5.94. The fraction of sp³-hybridized carbons (Fsp3) is 0.0714. The number of nitrogens with zero attached hydrogens (tertiary/aromatic N) is 3. The summed E-state index contributed by atoms with van der Waals surface area (Å²) in [5, 5.41) is 17.0. The van der Waals surface area contributed by atoms with Gasteiger partial charge in [-0.25, -0.2) is 9.18 Å². The first-order valence-corrected chi connectivity index (χ1v) is 5.95. The van der Waals surface area contributed by atoms with Gasteiger partial charge in [0.05, 0.1) is 0 Å². The second-order valence-corrected chi connectivity index (χ2v) is 4.34. The average Bonchev–Trinajstić information content (AvgIpc) is 2.82. The zero-order chi connectivity index (χ0) is 14.1. The molecule has 3 rings (SSSR count). The Morgan fingerprint density at radius 2 is 2.10 bits per heavy atom. The number of carboxylic acids is 1. The van der Waals surface area contributed by atoms with Crippen LogP contribution in [0.25, 0.3) is 5.65 Å². The number of hydrogen-bond donors (Lipinski definition) is 1. The minimum Gasteiger partial charge on any atom is -0.478 e. The van der Waals surface area contributed by atoms with E-state index in [1.807, 2.05) is 0 Å².